The van der Waals surface area contributed by atoms with Crippen molar-refractivity contribution in [2.75, 3.05) is 6.54 Å². The molecule has 0 unspecified atom stereocenters. The van der Waals surface area contributed by atoms with Gasteiger partial charge in [-0.2, -0.15) is 0 Å². The smallest absolute Gasteiger partial charge is 0.255 e. The topological polar surface area (TPSA) is 87.4 Å². The van der Waals surface area contributed by atoms with E-state index in [1.54, 1.807) is 6.20 Å². The molecule has 2 aromatic rings. The molecule has 1 aromatic heterocycles. The Balaban J connectivity index is 1.73. The molecule has 0 aliphatic heterocycles. The molecule has 0 spiro atoms. The number of imidazole rings is 1. The molecule has 2 rings (SSSR count). The van der Waals surface area contributed by atoms with Crippen LogP contribution in [0.2, 0.25) is 0 Å². The molecule has 112 valence electrons. The van der Waals surface area contributed by atoms with Crippen molar-refractivity contribution in [3.63, 3.8) is 0 Å². The van der Waals surface area contributed by atoms with E-state index in [1.807, 2.05) is 13.1 Å². The number of phenols is 2. The fourth-order valence-electron chi connectivity index (χ4n) is 2.06. The molecule has 6 nitrogen and oxygen atoms in total. The number of benzene rings is 1. The molecule has 0 saturated carbocycles. The number of aromatic hydroxyl groups is 2. The zero-order valence-corrected chi connectivity index (χ0v) is 11.9. The molecule has 0 aliphatic carbocycles. The van der Waals surface area contributed by atoms with E-state index in [2.05, 4.69) is 14.9 Å². The Bertz CT molecular complexity index is 622. The van der Waals surface area contributed by atoms with Gasteiger partial charge in [0, 0.05) is 31.5 Å². The lowest BCUT2D eigenvalue weighted by Crippen LogP contribution is -2.24. The van der Waals surface area contributed by atoms with Crippen LogP contribution in [0.5, 0.6) is 11.5 Å². The molecular formula is C15H19N3O3. The van der Waals surface area contributed by atoms with Crippen LogP contribution in [-0.2, 0) is 6.54 Å². The minimum absolute atomic E-state index is 0.0697. The van der Waals surface area contributed by atoms with Crippen LogP contribution in [0.15, 0.2) is 30.6 Å². The molecule has 0 bridgehead atoms. The predicted octanol–water partition coefficient (Wildman–Crippen LogP) is 1.81. The molecule has 0 radical (unpaired) electrons. The second-order valence-corrected chi connectivity index (χ2v) is 4.83. The van der Waals surface area contributed by atoms with Gasteiger partial charge in [0.05, 0.1) is 5.56 Å². The highest BCUT2D eigenvalue weighted by Gasteiger charge is 2.10. The maximum absolute atomic E-state index is 11.9. The number of nitrogens with zero attached hydrogens (tertiary/aromatic N) is 2. The number of aromatic nitrogens is 2. The number of nitrogens with one attached hydrogen (secondary N) is 1. The van der Waals surface area contributed by atoms with Gasteiger partial charge in [-0.1, -0.05) is 0 Å². The summed E-state index contributed by atoms with van der Waals surface area (Å²) in [6.45, 7) is 3.36. The zero-order chi connectivity index (χ0) is 15.2. The summed E-state index contributed by atoms with van der Waals surface area (Å²) in [6.07, 6.45) is 5.47. The molecule has 0 fully saturated rings. The average Bonchev–Trinajstić information content (AvgIpc) is 2.83. The van der Waals surface area contributed by atoms with E-state index in [1.165, 1.54) is 12.1 Å². The molecule has 1 heterocycles. The third kappa shape index (κ3) is 3.98. The summed E-state index contributed by atoms with van der Waals surface area (Å²) in [5, 5.41) is 21.5. The number of unbranched alkanes of at least 4 members (excludes halogenated alkanes) is 1. The molecule has 3 N–H and O–H groups in total. The second kappa shape index (κ2) is 6.78. The van der Waals surface area contributed by atoms with Gasteiger partial charge in [-0.15, -0.1) is 0 Å². The van der Waals surface area contributed by atoms with E-state index in [0.717, 1.165) is 31.3 Å². The van der Waals surface area contributed by atoms with Gasteiger partial charge in [0.2, 0.25) is 0 Å². The zero-order valence-electron chi connectivity index (χ0n) is 11.9. The number of carbonyl (C=O) groups excluding carboxylic acids is 1. The number of hydrogen-bond donors (Lipinski definition) is 3. The van der Waals surface area contributed by atoms with Crippen LogP contribution in [0.3, 0.4) is 0 Å². The van der Waals surface area contributed by atoms with Gasteiger partial charge in [-0.3, -0.25) is 4.79 Å². The van der Waals surface area contributed by atoms with E-state index in [9.17, 15) is 15.0 Å². The van der Waals surface area contributed by atoms with Gasteiger partial charge >= 0.3 is 0 Å². The summed E-state index contributed by atoms with van der Waals surface area (Å²) >= 11 is 0. The molecule has 0 saturated heterocycles. The quantitative estimate of drug-likeness (QED) is 0.708. The Morgan fingerprint density at radius 3 is 2.81 bits per heavy atom. The summed E-state index contributed by atoms with van der Waals surface area (Å²) in [5.74, 6) is 0.348. The lowest BCUT2D eigenvalue weighted by atomic mass is 10.1. The fourth-order valence-corrected chi connectivity index (χ4v) is 2.06. The van der Waals surface area contributed by atoms with Gasteiger partial charge in [0.15, 0.2) is 0 Å². The van der Waals surface area contributed by atoms with Crippen molar-refractivity contribution in [1.29, 1.82) is 0 Å². The first-order valence-electron chi connectivity index (χ1n) is 6.86. The Morgan fingerprint density at radius 1 is 1.33 bits per heavy atom. The first-order valence-corrected chi connectivity index (χ1v) is 6.86. The molecular weight excluding hydrogens is 270 g/mol. The first kappa shape index (κ1) is 14.9. The van der Waals surface area contributed by atoms with Gasteiger partial charge in [-0.05, 0) is 31.9 Å². The van der Waals surface area contributed by atoms with Crippen LogP contribution in [0.4, 0.5) is 0 Å². The summed E-state index contributed by atoms with van der Waals surface area (Å²) in [6, 6.07) is 3.92. The van der Waals surface area contributed by atoms with Crippen LogP contribution in [0.1, 0.15) is 29.0 Å². The highest BCUT2D eigenvalue weighted by molar-refractivity contribution is 5.96. The predicted molar refractivity (Wildman–Crippen MR) is 78.3 cm³/mol. The third-order valence-electron chi connectivity index (χ3n) is 3.26. The molecule has 0 aliphatic rings. The van der Waals surface area contributed by atoms with Crippen molar-refractivity contribution in [3.8, 4) is 11.5 Å². The monoisotopic (exact) mass is 289 g/mol. The van der Waals surface area contributed by atoms with Crippen molar-refractivity contribution >= 4 is 5.91 Å². The van der Waals surface area contributed by atoms with Gasteiger partial charge in [-0.25, -0.2) is 4.98 Å². The highest BCUT2D eigenvalue weighted by atomic mass is 16.3. The molecule has 1 aromatic carbocycles. The highest BCUT2D eigenvalue weighted by Crippen LogP contribution is 2.22. The first-order chi connectivity index (χ1) is 10.1. The number of rotatable bonds is 6. The minimum atomic E-state index is -0.341. The Labute approximate surface area is 123 Å². The lowest BCUT2D eigenvalue weighted by Gasteiger charge is -2.08. The lowest BCUT2D eigenvalue weighted by molar-refractivity contribution is 0.0950. The van der Waals surface area contributed by atoms with Gasteiger partial charge in [0.25, 0.3) is 5.91 Å². The minimum Gasteiger partial charge on any atom is -0.508 e. The van der Waals surface area contributed by atoms with Gasteiger partial charge in [0.1, 0.15) is 17.3 Å². The number of aryl methyl sites for hydroxylation is 2. The maximum Gasteiger partial charge on any atom is 0.255 e. The Morgan fingerprint density at radius 2 is 2.14 bits per heavy atom. The third-order valence-corrected chi connectivity index (χ3v) is 3.26. The molecule has 1 amide bonds. The summed E-state index contributed by atoms with van der Waals surface area (Å²) in [7, 11) is 0. The van der Waals surface area contributed by atoms with E-state index in [4.69, 9.17) is 0 Å². The van der Waals surface area contributed by atoms with Gasteiger partial charge < -0.3 is 20.1 Å². The van der Waals surface area contributed by atoms with Crippen LogP contribution in [-0.4, -0.2) is 32.2 Å². The van der Waals surface area contributed by atoms with E-state index >= 15 is 0 Å². The Hall–Kier alpha value is -2.50. The summed E-state index contributed by atoms with van der Waals surface area (Å²) in [5.41, 5.74) is 0.165. The van der Waals surface area contributed by atoms with Crippen molar-refractivity contribution in [3.05, 3.63) is 42.0 Å². The molecule has 6 heteroatoms. The molecule has 21 heavy (non-hydrogen) atoms. The van der Waals surface area contributed by atoms with Crippen LogP contribution >= 0.6 is 0 Å². The number of hydrogen-bond acceptors (Lipinski definition) is 4. The van der Waals surface area contributed by atoms with Crippen molar-refractivity contribution < 1.29 is 15.0 Å². The number of carbonyl (C=O) groups is 1. The van der Waals surface area contributed by atoms with E-state index in [-0.39, 0.29) is 23.0 Å². The normalized spacial score (nSPS) is 10.5. The van der Waals surface area contributed by atoms with Crippen LogP contribution in [0, 0.1) is 6.92 Å². The van der Waals surface area contributed by atoms with E-state index in [0.29, 0.717) is 6.54 Å². The van der Waals surface area contributed by atoms with E-state index < -0.39 is 0 Å². The SMILES string of the molecule is Cc1nccn1CCCCNC(=O)c1ccc(O)cc1O. The average molecular weight is 289 g/mol. The van der Waals surface area contributed by atoms with Crippen LogP contribution in [0.25, 0.3) is 0 Å². The number of amides is 1. The fraction of sp³-hybridized carbons (Fsp3) is 0.333. The standard InChI is InChI=1S/C15H19N3O3/c1-11-16-7-9-18(11)8-3-2-6-17-15(21)13-5-4-12(19)10-14(13)20/h4-5,7,9-10,19-20H,2-3,6,8H2,1H3,(H,17,21). The van der Waals surface area contributed by atoms with Crippen LogP contribution < -0.4 is 5.32 Å². The summed E-state index contributed by atoms with van der Waals surface area (Å²) in [4.78, 5) is 16.0. The Kier molecular flexibility index (Phi) is 4.81. The summed E-state index contributed by atoms with van der Waals surface area (Å²) < 4.78 is 2.06. The number of phenolic OH excluding ortho intramolecular Hbond substituents is 2. The van der Waals surface area contributed by atoms with Crippen molar-refractivity contribution in [2.24, 2.45) is 0 Å². The second-order valence-electron chi connectivity index (χ2n) is 4.83. The van der Waals surface area contributed by atoms with Crippen molar-refractivity contribution in [1.82, 2.24) is 14.9 Å². The van der Waals surface area contributed by atoms with Crippen molar-refractivity contribution in [2.45, 2.75) is 26.3 Å². The molecule has 0 atom stereocenters. The maximum atomic E-state index is 11.9. The largest absolute Gasteiger partial charge is 0.508 e.